The Morgan fingerprint density at radius 1 is 0.506 bits per heavy atom. The minimum Gasteiger partial charge on any atom is -0.507 e. The van der Waals surface area contributed by atoms with Crippen molar-refractivity contribution in [1.29, 1.82) is 0 Å². The number of fused-ring (bicyclic) bond motifs is 1. The monoisotopic (exact) mass is 1240 g/mol. The van der Waals surface area contributed by atoms with Crippen molar-refractivity contribution in [3.63, 3.8) is 0 Å². The van der Waals surface area contributed by atoms with Crippen molar-refractivity contribution in [1.82, 2.24) is 14.5 Å². The standard InChI is InChI=1S/C76H70N3O.Pt/c1-74(2,3)62-46-57(45-58(47-62)68-48-56(41-42-77-68)53-36-38-61(39-37-53)76(7,59-29-16-10-17-30-59)60-31-18-11-19-32-60)64-33-22-34-70-71(64)78-73(67-50-63(75(4,5)6)49-66(72(67)80)55-27-14-9-15-28-55)79(70)69-40-35-52(43-51-23-20-21-24-51)44-65(69)54-25-12-8-13-26-54;/h8-19,22,25-42,44,46-51,80H,20-21,23-24,43H2,1-7H3;/q-1;/i43D2;. The molecule has 0 amide bonds. The molecule has 0 aliphatic heterocycles. The molecule has 1 N–H and O–H groups in total. The Hall–Kier alpha value is -7.91. The third-order valence-corrected chi connectivity index (χ3v) is 16.6. The summed E-state index contributed by atoms with van der Waals surface area (Å²) >= 11 is 0. The van der Waals surface area contributed by atoms with E-state index < -0.39 is 6.37 Å². The van der Waals surface area contributed by atoms with Crippen molar-refractivity contribution < 1.29 is 28.9 Å². The van der Waals surface area contributed by atoms with Crippen LogP contribution < -0.4 is 0 Å². The van der Waals surface area contributed by atoms with E-state index in [4.69, 9.17) is 9.97 Å². The molecule has 0 atom stereocenters. The van der Waals surface area contributed by atoms with Crippen LogP contribution in [-0.2, 0) is 43.7 Å². The van der Waals surface area contributed by atoms with Crippen LogP contribution in [0.15, 0.2) is 225 Å². The van der Waals surface area contributed by atoms with Gasteiger partial charge in [-0.15, -0.1) is 29.3 Å². The van der Waals surface area contributed by atoms with Gasteiger partial charge in [0.05, 0.1) is 22.3 Å². The zero-order chi connectivity index (χ0) is 57.0. The van der Waals surface area contributed by atoms with Crippen LogP contribution >= 0.6 is 0 Å². The summed E-state index contributed by atoms with van der Waals surface area (Å²) < 4.78 is 21.4. The molecule has 1 saturated carbocycles. The summed E-state index contributed by atoms with van der Waals surface area (Å²) in [5.74, 6) is 0.657. The van der Waals surface area contributed by atoms with Gasteiger partial charge in [-0.1, -0.05) is 248 Å². The van der Waals surface area contributed by atoms with Gasteiger partial charge < -0.3 is 5.11 Å². The van der Waals surface area contributed by atoms with Crippen LogP contribution in [0.4, 0.5) is 0 Å². The first kappa shape index (κ1) is 52.5. The van der Waals surface area contributed by atoms with Gasteiger partial charge in [0.25, 0.3) is 0 Å². The molecule has 1 aliphatic carbocycles. The number of benzene rings is 9. The molecule has 1 aliphatic rings. The summed E-state index contributed by atoms with van der Waals surface area (Å²) in [5, 5.41) is 12.8. The van der Waals surface area contributed by atoms with Crippen molar-refractivity contribution >= 4 is 11.0 Å². The first-order chi connectivity index (χ1) is 39.5. The van der Waals surface area contributed by atoms with E-state index in [0.717, 1.165) is 109 Å². The molecule has 0 bridgehead atoms. The average molecular weight is 1240 g/mol. The second-order valence-electron chi connectivity index (χ2n) is 24.0. The molecule has 4 nitrogen and oxygen atoms in total. The van der Waals surface area contributed by atoms with Gasteiger partial charge in [0, 0.05) is 52.2 Å². The number of pyridine rings is 1. The quantitative estimate of drug-likeness (QED) is 0.0980. The van der Waals surface area contributed by atoms with Crippen LogP contribution in [0.1, 0.15) is 110 Å². The Balaban J connectivity index is 0.00000721. The molecule has 5 heteroatoms. The fourth-order valence-electron chi connectivity index (χ4n) is 11.9. The predicted molar refractivity (Wildman–Crippen MR) is 333 cm³/mol. The molecule has 0 saturated heterocycles. The number of para-hydroxylation sites is 1. The van der Waals surface area contributed by atoms with Crippen molar-refractivity contribution in [2.24, 2.45) is 5.92 Å². The van der Waals surface area contributed by atoms with Gasteiger partial charge in [0.15, 0.2) is 0 Å². The van der Waals surface area contributed by atoms with Crippen LogP contribution in [0.2, 0.25) is 0 Å². The number of hydrogen-bond acceptors (Lipinski definition) is 3. The van der Waals surface area contributed by atoms with Crippen LogP contribution in [-0.4, -0.2) is 19.6 Å². The van der Waals surface area contributed by atoms with E-state index in [0.29, 0.717) is 17.0 Å². The number of hydrogen-bond donors (Lipinski definition) is 1. The molecule has 2 aromatic heterocycles. The fourth-order valence-corrected chi connectivity index (χ4v) is 11.9. The Kier molecular flexibility index (Phi) is 14.6. The number of phenolic OH excluding ortho intramolecular Hbond substituents is 1. The Morgan fingerprint density at radius 3 is 1.68 bits per heavy atom. The minimum atomic E-state index is -1.52. The molecule has 11 aromatic rings. The van der Waals surface area contributed by atoms with Crippen LogP contribution in [0.25, 0.3) is 83.9 Å². The molecule has 0 radical (unpaired) electrons. The van der Waals surface area contributed by atoms with E-state index in [1.165, 1.54) is 16.7 Å². The molecule has 9 aromatic carbocycles. The molecule has 12 rings (SSSR count). The van der Waals surface area contributed by atoms with Crippen molar-refractivity contribution in [2.75, 3.05) is 0 Å². The second-order valence-corrected chi connectivity index (χ2v) is 24.0. The number of nitrogens with zero attached hydrogens (tertiary/aromatic N) is 3. The third kappa shape index (κ3) is 10.9. The molecule has 1 fully saturated rings. The molecule has 0 spiro atoms. The molecule has 81 heavy (non-hydrogen) atoms. The topological polar surface area (TPSA) is 50.9 Å². The molecule has 2 heterocycles. The largest absolute Gasteiger partial charge is 0.507 e. The molecule has 406 valence electrons. The molecular weight excluding hydrogens is 1170 g/mol. The summed E-state index contributed by atoms with van der Waals surface area (Å²) in [6.45, 7) is 15.6. The first-order valence-electron chi connectivity index (χ1n) is 29.4. The van der Waals surface area contributed by atoms with E-state index in [1.54, 1.807) is 0 Å². The van der Waals surface area contributed by atoms with Gasteiger partial charge in [-0.3, -0.25) is 9.55 Å². The number of phenols is 1. The first-order valence-corrected chi connectivity index (χ1v) is 28.4. The van der Waals surface area contributed by atoms with Gasteiger partial charge in [0.2, 0.25) is 0 Å². The van der Waals surface area contributed by atoms with Crippen LogP contribution in [0, 0.1) is 12.0 Å². The zero-order valence-electron chi connectivity index (χ0n) is 49.4. The Morgan fingerprint density at radius 2 is 1.06 bits per heavy atom. The van der Waals surface area contributed by atoms with Crippen molar-refractivity contribution in [3.05, 3.63) is 264 Å². The smallest absolute Gasteiger partial charge is 0.148 e. The van der Waals surface area contributed by atoms with Crippen LogP contribution in [0.5, 0.6) is 5.75 Å². The van der Waals surface area contributed by atoms with Crippen molar-refractivity contribution in [3.8, 4) is 78.6 Å². The number of rotatable bonds is 12. The molecule has 0 unspecified atom stereocenters. The van der Waals surface area contributed by atoms with E-state index >= 15 is 0 Å². The van der Waals surface area contributed by atoms with Gasteiger partial charge in [-0.05, 0) is 117 Å². The average Bonchev–Trinajstić information content (AvgIpc) is 3.65. The summed E-state index contributed by atoms with van der Waals surface area (Å²) in [4.78, 5) is 10.8. The Labute approximate surface area is 496 Å². The van der Waals surface area contributed by atoms with Gasteiger partial charge in [-0.25, -0.2) is 4.98 Å². The summed E-state index contributed by atoms with van der Waals surface area (Å²) in [6, 6.07) is 80.2. The van der Waals surface area contributed by atoms with Gasteiger partial charge >= 0.3 is 0 Å². The maximum Gasteiger partial charge on any atom is 0.148 e. The maximum atomic E-state index is 12.8. The minimum absolute atomic E-state index is 0. The SMILES string of the molecule is [2H]C([2H])(c1ccc(-n2c(-c3cc(C(C)(C)C)cc(-c4ccccc4)c3O)nc3c(-c4[c-]c(-c5cc(-c6ccc(C(C)(c7ccccc7)c7ccccc7)cc6)ccn5)cc(C(C)(C)C)c4)cccc32)c(-c2ccccc2)c1)C1CCCC1.[Pt]. The fraction of sp³-hybridized carbons (Fsp3) is 0.211. The summed E-state index contributed by atoms with van der Waals surface area (Å²) in [7, 11) is 0. The second kappa shape index (κ2) is 22.6. The van der Waals surface area contributed by atoms with E-state index in [2.05, 4.69) is 223 Å². The van der Waals surface area contributed by atoms with E-state index in [1.807, 2.05) is 60.8 Å². The summed E-state index contributed by atoms with van der Waals surface area (Å²) in [6.07, 6.45) is 4.21. The Bertz CT molecular complexity index is 4060. The van der Waals surface area contributed by atoms with E-state index in [9.17, 15) is 7.85 Å². The van der Waals surface area contributed by atoms with Gasteiger partial charge in [-0.2, -0.15) is 0 Å². The van der Waals surface area contributed by atoms with Crippen molar-refractivity contribution in [2.45, 2.75) is 96.8 Å². The molecular formula is C76H70N3OPt-. The summed E-state index contributed by atoms with van der Waals surface area (Å²) in [5.41, 5.74) is 17.8. The normalized spacial score (nSPS) is 13.7. The number of aromatic hydroxyl groups is 1. The van der Waals surface area contributed by atoms with Crippen LogP contribution in [0.3, 0.4) is 0 Å². The number of aromatic nitrogens is 3. The number of imidazole rings is 1. The zero-order valence-corrected chi connectivity index (χ0v) is 49.6. The van der Waals surface area contributed by atoms with Gasteiger partial charge in [0.1, 0.15) is 11.6 Å². The maximum absolute atomic E-state index is 12.8. The van der Waals surface area contributed by atoms with E-state index in [-0.39, 0.29) is 49.0 Å². The predicted octanol–water partition coefficient (Wildman–Crippen LogP) is 19.6. The third-order valence-electron chi connectivity index (χ3n) is 16.6.